The van der Waals surface area contributed by atoms with Gasteiger partial charge in [0.1, 0.15) is 0 Å². The molecule has 16 heavy (non-hydrogen) atoms. The molecule has 0 spiro atoms. The van der Waals surface area contributed by atoms with Gasteiger partial charge >= 0.3 is 0 Å². The number of ketones is 1. The summed E-state index contributed by atoms with van der Waals surface area (Å²) in [5, 5.41) is 0. The van der Waals surface area contributed by atoms with Gasteiger partial charge in [-0.1, -0.05) is 13.8 Å². The normalized spacial score (nSPS) is 10.3. The van der Waals surface area contributed by atoms with Gasteiger partial charge in [0.05, 0.1) is 13.7 Å². The fourth-order valence-corrected chi connectivity index (χ4v) is 1.26. The SMILES string of the molecule is COc1cc(C(C)=O)ccc1OCC(C)C. The van der Waals surface area contributed by atoms with E-state index in [9.17, 15) is 4.79 Å². The van der Waals surface area contributed by atoms with Crippen LogP contribution in [0, 0.1) is 5.92 Å². The van der Waals surface area contributed by atoms with E-state index in [1.807, 2.05) is 0 Å². The van der Waals surface area contributed by atoms with Crippen LogP contribution in [0.5, 0.6) is 11.5 Å². The molecule has 0 N–H and O–H groups in total. The average Bonchev–Trinajstić information content (AvgIpc) is 2.25. The highest BCUT2D eigenvalue weighted by Crippen LogP contribution is 2.28. The van der Waals surface area contributed by atoms with Crippen LogP contribution in [-0.2, 0) is 0 Å². The molecule has 0 bridgehead atoms. The van der Waals surface area contributed by atoms with E-state index in [1.165, 1.54) is 6.92 Å². The lowest BCUT2D eigenvalue weighted by atomic mass is 10.1. The van der Waals surface area contributed by atoms with Gasteiger partial charge in [-0.25, -0.2) is 0 Å². The Morgan fingerprint density at radius 3 is 2.50 bits per heavy atom. The Labute approximate surface area is 96.4 Å². The van der Waals surface area contributed by atoms with Gasteiger partial charge in [-0.15, -0.1) is 0 Å². The summed E-state index contributed by atoms with van der Waals surface area (Å²) in [6, 6.07) is 5.23. The average molecular weight is 222 g/mol. The Morgan fingerprint density at radius 1 is 1.31 bits per heavy atom. The zero-order valence-corrected chi connectivity index (χ0v) is 10.2. The maximum absolute atomic E-state index is 11.2. The standard InChI is InChI=1S/C13H18O3/c1-9(2)8-16-12-6-5-11(10(3)14)7-13(12)15-4/h5-7,9H,8H2,1-4H3. The molecule has 0 atom stereocenters. The van der Waals surface area contributed by atoms with Crippen molar-refractivity contribution >= 4 is 5.78 Å². The van der Waals surface area contributed by atoms with E-state index in [2.05, 4.69) is 13.8 Å². The number of rotatable bonds is 5. The molecule has 0 aliphatic heterocycles. The molecule has 0 heterocycles. The molecular weight excluding hydrogens is 204 g/mol. The molecule has 0 radical (unpaired) electrons. The number of methoxy groups -OCH3 is 1. The Balaban J connectivity index is 2.89. The predicted octanol–water partition coefficient (Wildman–Crippen LogP) is 2.93. The Bertz CT molecular complexity index is 369. The molecule has 0 amide bonds. The minimum absolute atomic E-state index is 0.0220. The first-order valence-corrected chi connectivity index (χ1v) is 5.36. The van der Waals surface area contributed by atoms with Crippen molar-refractivity contribution in [1.29, 1.82) is 0 Å². The first-order chi connectivity index (χ1) is 7.54. The second-order valence-corrected chi connectivity index (χ2v) is 4.13. The fraction of sp³-hybridized carbons (Fsp3) is 0.462. The maximum Gasteiger partial charge on any atom is 0.161 e. The van der Waals surface area contributed by atoms with Crippen LogP contribution in [-0.4, -0.2) is 19.5 Å². The third-order valence-electron chi connectivity index (χ3n) is 2.14. The Hall–Kier alpha value is -1.51. The molecule has 0 saturated carbocycles. The third kappa shape index (κ3) is 3.26. The van der Waals surface area contributed by atoms with E-state index < -0.39 is 0 Å². The quantitative estimate of drug-likeness (QED) is 0.718. The van der Waals surface area contributed by atoms with Crippen LogP contribution in [0.3, 0.4) is 0 Å². The number of benzene rings is 1. The van der Waals surface area contributed by atoms with Gasteiger partial charge in [-0.05, 0) is 31.0 Å². The number of Topliss-reactive ketones (excluding diaryl/α,β-unsaturated/α-hetero) is 1. The Kier molecular flexibility index (Phi) is 4.35. The van der Waals surface area contributed by atoms with Gasteiger partial charge in [-0.2, -0.15) is 0 Å². The number of hydrogen-bond acceptors (Lipinski definition) is 3. The highest BCUT2D eigenvalue weighted by molar-refractivity contribution is 5.94. The zero-order chi connectivity index (χ0) is 12.1. The largest absolute Gasteiger partial charge is 0.493 e. The lowest BCUT2D eigenvalue weighted by Crippen LogP contribution is -2.06. The second-order valence-electron chi connectivity index (χ2n) is 4.13. The van der Waals surface area contributed by atoms with Gasteiger partial charge in [0.25, 0.3) is 0 Å². The van der Waals surface area contributed by atoms with Gasteiger partial charge in [0, 0.05) is 5.56 Å². The summed E-state index contributed by atoms with van der Waals surface area (Å²) in [4.78, 5) is 11.2. The molecule has 0 aromatic heterocycles. The molecule has 0 aliphatic rings. The van der Waals surface area contributed by atoms with Gasteiger partial charge in [-0.3, -0.25) is 4.79 Å². The topological polar surface area (TPSA) is 35.5 Å². The number of carbonyl (C=O) groups excluding carboxylic acids is 1. The van der Waals surface area contributed by atoms with Crippen LogP contribution >= 0.6 is 0 Å². The van der Waals surface area contributed by atoms with E-state index in [4.69, 9.17) is 9.47 Å². The van der Waals surface area contributed by atoms with Crippen LogP contribution in [0.25, 0.3) is 0 Å². The monoisotopic (exact) mass is 222 g/mol. The number of hydrogen-bond donors (Lipinski definition) is 0. The first kappa shape index (κ1) is 12.6. The van der Waals surface area contributed by atoms with E-state index >= 15 is 0 Å². The van der Waals surface area contributed by atoms with E-state index in [0.29, 0.717) is 29.6 Å². The van der Waals surface area contributed by atoms with Crippen molar-refractivity contribution in [1.82, 2.24) is 0 Å². The van der Waals surface area contributed by atoms with Crippen molar-refractivity contribution in [3.05, 3.63) is 23.8 Å². The van der Waals surface area contributed by atoms with Crippen LogP contribution in [0.2, 0.25) is 0 Å². The molecule has 1 aromatic rings. The zero-order valence-electron chi connectivity index (χ0n) is 10.2. The van der Waals surface area contributed by atoms with E-state index in [1.54, 1.807) is 25.3 Å². The number of carbonyl (C=O) groups is 1. The summed E-state index contributed by atoms with van der Waals surface area (Å²) in [5.74, 6) is 1.76. The molecular formula is C13H18O3. The van der Waals surface area contributed by atoms with E-state index in [0.717, 1.165) is 0 Å². The summed E-state index contributed by atoms with van der Waals surface area (Å²) >= 11 is 0. The molecule has 0 aliphatic carbocycles. The van der Waals surface area contributed by atoms with Crippen molar-refractivity contribution < 1.29 is 14.3 Å². The van der Waals surface area contributed by atoms with Crippen molar-refractivity contribution in [2.45, 2.75) is 20.8 Å². The van der Waals surface area contributed by atoms with Crippen LogP contribution in [0.4, 0.5) is 0 Å². The molecule has 1 rings (SSSR count). The summed E-state index contributed by atoms with van der Waals surface area (Å²) < 4.78 is 10.8. The fourth-order valence-electron chi connectivity index (χ4n) is 1.26. The van der Waals surface area contributed by atoms with Crippen LogP contribution in [0.1, 0.15) is 31.1 Å². The van der Waals surface area contributed by atoms with E-state index in [-0.39, 0.29) is 5.78 Å². The van der Waals surface area contributed by atoms with Gasteiger partial charge in [0.2, 0.25) is 0 Å². The van der Waals surface area contributed by atoms with Gasteiger partial charge < -0.3 is 9.47 Å². The Morgan fingerprint density at radius 2 is 2.00 bits per heavy atom. The lowest BCUT2D eigenvalue weighted by Gasteiger charge is -2.12. The highest BCUT2D eigenvalue weighted by atomic mass is 16.5. The minimum Gasteiger partial charge on any atom is -0.493 e. The molecule has 0 unspecified atom stereocenters. The third-order valence-corrected chi connectivity index (χ3v) is 2.14. The molecule has 0 fully saturated rings. The second kappa shape index (κ2) is 5.54. The van der Waals surface area contributed by atoms with Crippen molar-refractivity contribution in [3.8, 4) is 11.5 Å². The summed E-state index contributed by atoms with van der Waals surface area (Å²) in [6.07, 6.45) is 0. The van der Waals surface area contributed by atoms with Crippen LogP contribution in [0.15, 0.2) is 18.2 Å². The van der Waals surface area contributed by atoms with Crippen molar-refractivity contribution in [3.63, 3.8) is 0 Å². The predicted molar refractivity (Wildman–Crippen MR) is 63.3 cm³/mol. The van der Waals surface area contributed by atoms with Crippen LogP contribution < -0.4 is 9.47 Å². The molecule has 88 valence electrons. The molecule has 3 heteroatoms. The lowest BCUT2D eigenvalue weighted by molar-refractivity contribution is 0.101. The summed E-state index contributed by atoms with van der Waals surface area (Å²) in [6.45, 7) is 6.33. The molecule has 1 aromatic carbocycles. The van der Waals surface area contributed by atoms with Crippen molar-refractivity contribution in [2.75, 3.05) is 13.7 Å². The van der Waals surface area contributed by atoms with Crippen molar-refractivity contribution in [2.24, 2.45) is 5.92 Å². The first-order valence-electron chi connectivity index (χ1n) is 5.36. The summed E-state index contributed by atoms with van der Waals surface area (Å²) in [7, 11) is 1.57. The summed E-state index contributed by atoms with van der Waals surface area (Å²) in [5.41, 5.74) is 0.633. The smallest absolute Gasteiger partial charge is 0.161 e. The minimum atomic E-state index is 0.0220. The maximum atomic E-state index is 11.2. The van der Waals surface area contributed by atoms with Gasteiger partial charge in [0.15, 0.2) is 17.3 Å². The molecule has 0 saturated heterocycles. The highest BCUT2D eigenvalue weighted by Gasteiger charge is 2.08. The molecule has 3 nitrogen and oxygen atoms in total. The number of ether oxygens (including phenoxy) is 2.